The number of rotatable bonds is 6. The average molecular weight is 300 g/mol. The number of halogens is 2. The molecule has 2 aromatic rings. The van der Waals surface area contributed by atoms with Gasteiger partial charge in [-0.1, -0.05) is 23.2 Å². The van der Waals surface area contributed by atoms with E-state index in [1.165, 1.54) is 0 Å². The van der Waals surface area contributed by atoms with Gasteiger partial charge in [0.15, 0.2) is 0 Å². The Hall–Kier alpha value is -1.16. The van der Waals surface area contributed by atoms with Crippen molar-refractivity contribution in [3.8, 4) is 5.75 Å². The van der Waals surface area contributed by atoms with Gasteiger partial charge in [-0.05, 0) is 31.2 Å². The molecule has 1 heterocycles. The molecular weight excluding hydrogens is 285 g/mol. The Balaban J connectivity index is 1.77. The number of hydrogen-bond acceptors (Lipinski definition) is 3. The molecule has 0 spiro atoms. The van der Waals surface area contributed by atoms with E-state index in [1.54, 1.807) is 24.5 Å². The van der Waals surface area contributed by atoms with E-state index >= 15 is 0 Å². The lowest BCUT2D eigenvalue weighted by Crippen LogP contribution is -2.28. The van der Waals surface area contributed by atoms with E-state index in [9.17, 15) is 0 Å². The van der Waals surface area contributed by atoms with Crippen molar-refractivity contribution in [2.75, 3.05) is 6.54 Å². The zero-order valence-electron chi connectivity index (χ0n) is 10.5. The minimum Gasteiger partial charge on any atom is -0.489 e. The highest BCUT2D eigenvalue weighted by Crippen LogP contribution is 2.26. The van der Waals surface area contributed by atoms with Crippen molar-refractivity contribution in [3.63, 3.8) is 0 Å². The second-order valence-corrected chi connectivity index (χ2v) is 5.03. The lowest BCUT2D eigenvalue weighted by molar-refractivity contribution is 0.215. The monoisotopic (exact) mass is 299 g/mol. The van der Waals surface area contributed by atoms with E-state index in [0.29, 0.717) is 28.9 Å². The molecule has 0 saturated heterocycles. The van der Waals surface area contributed by atoms with Crippen molar-refractivity contribution in [2.45, 2.75) is 19.6 Å². The molecule has 1 atom stereocenters. The maximum atomic E-state index is 5.93. The predicted octanol–water partition coefficient (Wildman–Crippen LogP) is 4.14. The molecule has 0 aliphatic heterocycles. The van der Waals surface area contributed by atoms with Gasteiger partial charge in [0.1, 0.15) is 17.6 Å². The van der Waals surface area contributed by atoms with Crippen molar-refractivity contribution in [3.05, 3.63) is 52.4 Å². The third-order valence-corrected chi connectivity index (χ3v) is 3.28. The second-order valence-electron chi connectivity index (χ2n) is 4.21. The summed E-state index contributed by atoms with van der Waals surface area (Å²) in [5, 5.41) is 4.28. The maximum absolute atomic E-state index is 5.93. The van der Waals surface area contributed by atoms with E-state index < -0.39 is 0 Å². The second kappa shape index (κ2) is 6.85. The summed E-state index contributed by atoms with van der Waals surface area (Å²) in [6.45, 7) is 3.38. The third kappa shape index (κ3) is 4.46. The molecule has 102 valence electrons. The molecule has 0 amide bonds. The molecule has 0 bridgehead atoms. The lowest BCUT2D eigenvalue weighted by Gasteiger charge is -2.15. The van der Waals surface area contributed by atoms with E-state index in [1.807, 2.05) is 19.1 Å². The minimum atomic E-state index is 0.0206. The van der Waals surface area contributed by atoms with E-state index in [0.717, 1.165) is 5.76 Å². The van der Waals surface area contributed by atoms with Crippen LogP contribution >= 0.6 is 23.2 Å². The summed E-state index contributed by atoms with van der Waals surface area (Å²) in [5.74, 6) is 1.61. The van der Waals surface area contributed by atoms with Crippen molar-refractivity contribution >= 4 is 23.2 Å². The highest BCUT2D eigenvalue weighted by molar-refractivity contribution is 6.42. The van der Waals surface area contributed by atoms with Gasteiger partial charge >= 0.3 is 0 Å². The summed E-state index contributed by atoms with van der Waals surface area (Å²) >= 11 is 11.8. The maximum Gasteiger partial charge on any atom is 0.121 e. The van der Waals surface area contributed by atoms with Crippen LogP contribution < -0.4 is 10.1 Å². The molecular formula is C14H15Cl2NO2. The Morgan fingerprint density at radius 3 is 2.79 bits per heavy atom. The molecule has 0 aliphatic rings. The summed E-state index contributed by atoms with van der Waals surface area (Å²) in [6, 6.07) is 9.04. The molecule has 0 radical (unpaired) electrons. The van der Waals surface area contributed by atoms with Gasteiger partial charge in [0.2, 0.25) is 0 Å². The first-order chi connectivity index (χ1) is 9.15. The molecule has 0 saturated carbocycles. The summed E-state index contributed by atoms with van der Waals surface area (Å²) < 4.78 is 11.0. The van der Waals surface area contributed by atoms with E-state index in [4.69, 9.17) is 32.4 Å². The molecule has 1 aromatic carbocycles. The normalized spacial score (nSPS) is 12.4. The highest BCUT2D eigenvalue weighted by atomic mass is 35.5. The first-order valence-corrected chi connectivity index (χ1v) is 6.75. The van der Waals surface area contributed by atoms with Gasteiger partial charge in [0.05, 0.1) is 22.9 Å². The predicted molar refractivity (Wildman–Crippen MR) is 77.0 cm³/mol. The number of benzene rings is 1. The van der Waals surface area contributed by atoms with Crippen LogP contribution in [-0.2, 0) is 6.54 Å². The van der Waals surface area contributed by atoms with E-state index in [-0.39, 0.29) is 6.10 Å². The third-order valence-electron chi connectivity index (χ3n) is 2.54. The molecule has 3 nitrogen and oxygen atoms in total. The zero-order valence-corrected chi connectivity index (χ0v) is 12.0. The summed E-state index contributed by atoms with van der Waals surface area (Å²) in [6.07, 6.45) is 1.68. The van der Waals surface area contributed by atoms with Crippen molar-refractivity contribution < 1.29 is 9.15 Å². The lowest BCUT2D eigenvalue weighted by atomic mass is 10.3. The van der Waals surface area contributed by atoms with Gasteiger partial charge in [-0.2, -0.15) is 0 Å². The van der Waals surface area contributed by atoms with Gasteiger partial charge in [0, 0.05) is 12.6 Å². The molecule has 1 aromatic heterocycles. The molecule has 2 rings (SSSR count). The van der Waals surface area contributed by atoms with Crippen LogP contribution in [0.3, 0.4) is 0 Å². The first-order valence-electron chi connectivity index (χ1n) is 6.00. The van der Waals surface area contributed by atoms with Crippen molar-refractivity contribution in [1.29, 1.82) is 0 Å². The van der Waals surface area contributed by atoms with Gasteiger partial charge < -0.3 is 14.5 Å². The Labute approximate surface area is 122 Å². The fourth-order valence-electron chi connectivity index (χ4n) is 1.64. The number of nitrogens with one attached hydrogen (secondary N) is 1. The Morgan fingerprint density at radius 2 is 2.11 bits per heavy atom. The SMILES string of the molecule is CC(CNCc1ccco1)Oc1ccc(Cl)c(Cl)c1. The molecule has 0 fully saturated rings. The summed E-state index contributed by atoms with van der Waals surface area (Å²) in [4.78, 5) is 0. The molecule has 19 heavy (non-hydrogen) atoms. The standard InChI is InChI=1S/C14H15Cl2NO2/c1-10(8-17-9-12-3-2-6-18-12)19-11-4-5-13(15)14(16)7-11/h2-7,10,17H,8-9H2,1H3. The largest absolute Gasteiger partial charge is 0.489 e. The fraction of sp³-hybridized carbons (Fsp3) is 0.286. The van der Waals surface area contributed by atoms with Crippen LogP contribution in [0.5, 0.6) is 5.75 Å². The van der Waals surface area contributed by atoms with Crippen LogP contribution in [-0.4, -0.2) is 12.6 Å². The molecule has 5 heteroatoms. The van der Waals surface area contributed by atoms with Crippen LogP contribution in [0, 0.1) is 0 Å². The van der Waals surface area contributed by atoms with Crippen LogP contribution in [0.4, 0.5) is 0 Å². The van der Waals surface area contributed by atoms with Gasteiger partial charge in [-0.15, -0.1) is 0 Å². The highest BCUT2D eigenvalue weighted by Gasteiger charge is 2.06. The van der Waals surface area contributed by atoms with Gasteiger partial charge in [-0.25, -0.2) is 0 Å². The smallest absolute Gasteiger partial charge is 0.121 e. The Morgan fingerprint density at radius 1 is 1.26 bits per heavy atom. The molecule has 1 N–H and O–H groups in total. The first kappa shape index (κ1) is 14.3. The number of hydrogen-bond donors (Lipinski definition) is 1. The Bertz CT molecular complexity index is 514. The minimum absolute atomic E-state index is 0.0206. The van der Waals surface area contributed by atoms with Gasteiger partial charge in [0.25, 0.3) is 0 Å². The topological polar surface area (TPSA) is 34.4 Å². The molecule has 0 aliphatic carbocycles. The molecule has 1 unspecified atom stereocenters. The zero-order chi connectivity index (χ0) is 13.7. The quantitative estimate of drug-likeness (QED) is 0.870. The van der Waals surface area contributed by atoms with Crippen LogP contribution in [0.25, 0.3) is 0 Å². The van der Waals surface area contributed by atoms with Crippen molar-refractivity contribution in [1.82, 2.24) is 5.32 Å². The summed E-state index contributed by atoms with van der Waals surface area (Å²) in [7, 11) is 0. The summed E-state index contributed by atoms with van der Waals surface area (Å²) in [5.41, 5.74) is 0. The van der Waals surface area contributed by atoms with Crippen LogP contribution in [0.15, 0.2) is 41.0 Å². The van der Waals surface area contributed by atoms with E-state index in [2.05, 4.69) is 5.32 Å². The van der Waals surface area contributed by atoms with Crippen LogP contribution in [0.1, 0.15) is 12.7 Å². The van der Waals surface area contributed by atoms with Crippen LogP contribution in [0.2, 0.25) is 10.0 Å². The van der Waals surface area contributed by atoms with Crippen molar-refractivity contribution in [2.24, 2.45) is 0 Å². The number of ether oxygens (including phenoxy) is 1. The number of furan rings is 1. The average Bonchev–Trinajstić information content (AvgIpc) is 2.87. The van der Waals surface area contributed by atoms with Gasteiger partial charge in [-0.3, -0.25) is 0 Å². The fourth-order valence-corrected chi connectivity index (χ4v) is 1.92. The Kier molecular flexibility index (Phi) is 5.14.